The largest absolute Gasteiger partial charge is 0.497 e. The molecule has 2 aromatic rings. The first-order chi connectivity index (χ1) is 10.7. The highest BCUT2D eigenvalue weighted by atomic mass is 16.5. The number of rotatable bonds is 2. The Labute approximate surface area is 129 Å². The Kier molecular flexibility index (Phi) is 2.94. The molecule has 0 aliphatic carbocycles. The number of aliphatic imine (C=N–C) groups is 1. The lowest BCUT2D eigenvalue weighted by molar-refractivity contribution is -0.0745. The van der Waals surface area contributed by atoms with Gasteiger partial charge in [0.15, 0.2) is 5.72 Å². The Hall–Kier alpha value is -2.33. The first-order valence-corrected chi connectivity index (χ1v) is 7.50. The number of fused-ring (bicyclic) bond motifs is 3. The van der Waals surface area contributed by atoms with Crippen LogP contribution in [0.2, 0.25) is 0 Å². The lowest BCUT2D eigenvalue weighted by Crippen LogP contribution is -2.53. The molecule has 4 rings (SSSR count). The molecule has 1 atom stereocenters. The fraction of sp³-hybridized carbons (Fsp3) is 0.278. The normalized spacial score (nSPS) is 22.8. The number of amidine groups is 1. The van der Waals surface area contributed by atoms with Gasteiger partial charge >= 0.3 is 0 Å². The predicted octanol–water partition coefficient (Wildman–Crippen LogP) is 2.16. The minimum absolute atomic E-state index is 0.564. The second-order valence-electron chi connectivity index (χ2n) is 5.74. The van der Waals surface area contributed by atoms with Crippen LogP contribution in [-0.2, 0) is 12.1 Å². The Morgan fingerprint density at radius 2 is 1.91 bits per heavy atom. The molecule has 0 radical (unpaired) electrons. The number of hydrogen-bond donors (Lipinski definition) is 1. The topological polar surface area (TPSA) is 45.1 Å². The number of ether oxygens (including phenoxy) is 1. The molecule has 0 amide bonds. The molecule has 22 heavy (non-hydrogen) atoms. The zero-order chi connectivity index (χ0) is 15.2. The molecule has 0 fully saturated rings. The van der Waals surface area contributed by atoms with Gasteiger partial charge in [-0.1, -0.05) is 36.4 Å². The molecule has 0 aromatic heterocycles. The fourth-order valence-electron chi connectivity index (χ4n) is 3.41. The van der Waals surface area contributed by atoms with Gasteiger partial charge in [0.1, 0.15) is 11.6 Å². The minimum atomic E-state index is -1.05. The monoisotopic (exact) mass is 294 g/mol. The molecule has 0 saturated carbocycles. The van der Waals surface area contributed by atoms with Gasteiger partial charge in [-0.3, -0.25) is 4.99 Å². The molecule has 112 valence electrons. The maximum Gasteiger partial charge on any atom is 0.169 e. The van der Waals surface area contributed by atoms with Gasteiger partial charge in [-0.15, -0.1) is 0 Å². The third kappa shape index (κ3) is 1.84. The number of methoxy groups -OCH3 is 1. The fourth-order valence-corrected chi connectivity index (χ4v) is 3.41. The van der Waals surface area contributed by atoms with E-state index in [1.165, 1.54) is 0 Å². The summed E-state index contributed by atoms with van der Waals surface area (Å²) in [6, 6.07) is 15.8. The minimum Gasteiger partial charge on any atom is -0.497 e. The van der Waals surface area contributed by atoms with Crippen LogP contribution in [0.1, 0.15) is 16.7 Å². The van der Waals surface area contributed by atoms with E-state index < -0.39 is 5.72 Å². The van der Waals surface area contributed by atoms with E-state index in [1.54, 1.807) is 7.11 Å². The first kappa shape index (κ1) is 13.3. The summed E-state index contributed by atoms with van der Waals surface area (Å²) in [5.41, 5.74) is 2.10. The average molecular weight is 294 g/mol. The molecule has 1 N–H and O–H groups in total. The molecule has 0 bridgehead atoms. The Bertz CT molecular complexity index is 739. The summed E-state index contributed by atoms with van der Waals surface area (Å²) < 4.78 is 5.21. The van der Waals surface area contributed by atoms with E-state index in [0.717, 1.165) is 41.4 Å². The summed E-state index contributed by atoms with van der Waals surface area (Å²) >= 11 is 0. The Morgan fingerprint density at radius 1 is 1.14 bits per heavy atom. The maximum atomic E-state index is 11.4. The van der Waals surface area contributed by atoms with E-state index in [1.807, 2.05) is 41.3 Å². The summed E-state index contributed by atoms with van der Waals surface area (Å²) in [6.07, 6.45) is 0.564. The highest BCUT2D eigenvalue weighted by Gasteiger charge is 2.44. The molecule has 2 aliphatic heterocycles. The molecular weight excluding hydrogens is 276 g/mol. The quantitative estimate of drug-likeness (QED) is 0.923. The zero-order valence-corrected chi connectivity index (χ0v) is 12.5. The van der Waals surface area contributed by atoms with Crippen LogP contribution < -0.4 is 4.74 Å². The third-order valence-corrected chi connectivity index (χ3v) is 4.53. The Balaban J connectivity index is 1.83. The van der Waals surface area contributed by atoms with Crippen LogP contribution in [0.3, 0.4) is 0 Å². The van der Waals surface area contributed by atoms with Crippen LogP contribution in [0.15, 0.2) is 53.5 Å². The number of hydrogen-bond acceptors (Lipinski definition) is 4. The zero-order valence-electron chi connectivity index (χ0n) is 12.5. The Morgan fingerprint density at radius 3 is 2.68 bits per heavy atom. The van der Waals surface area contributed by atoms with Crippen LogP contribution >= 0.6 is 0 Å². The highest BCUT2D eigenvalue weighted by Crippen LogP contribution is 2.38. The second-order valence-corrected chi connectivity index (χ2v) is 5.74. The summed E-state index contributed by atoms with van der Waals surface area (Å²) in [6.45, 7) is 1.47. The van der Waals surface area contributed by atoms with Gasteiger partial charge in [-0.2, -0.15) is 0 Å². The summed E-state index contributed by atoms with van der Waals surface area (Å²) in [4.78, 5) is 6.64. The van der Waals surface area contributed by atoms with Crippen molar-refractivity contribution < 1.29 is 9.84 Å². The van der Waals surface area contributed by atoms with Crippen molar-refractivity contribution in [1.29, 1.82) is 0 Å². The molecule has 2 heterocycles. The van der Waals surface area contributed by atoms with Gasteiger partial charge in [0.05, 0.1) is 13.7 Å². The van der Waals surface area contributed by atoms with Crippen molar-refractivity contribution in [3.05, 3.63) is 65.2 Å². The van der Waals surface area contributed by atoms with Crippen LogP contribution in [0, 0.1) is 0 Å². The average Bonchev–Trinajstić information content (AvgIpc) is 3.06. The van der Waals surface area contributed by atoms with E-state index in [2.05, 4.69) is 17.1 Å². The standard InChI is InChI=1S/C18H18N2O2/c1-22-15-8-6-14(7-9-15)18(21)12-13-4-2-3-5-16(13)17-19-10-11-20(17)18/h2-9,21H,10-12H2,1H3. The first-order valence-electron chi connectivity index (χ1n) is 7.50. The number of aliphatic hydroxyl groups is 1. The number of benzene rings is 2. The third-order valence-electron chi connectivity index (χ3n) is 4.53. The van der Waals surface area contributed by atoms with E-state index in [4.69, 9.17) is 4.74 Å². The summed E-state index contributed by atoms with van der Waals surface area (Å²) in [5, 5.41) is 11.4. The van der Waals surface area contributed by atoms with Crippen molar-refractivity contribution in [2.45, 2.75) is 12.1 Å². The maximum absolute atomic E-state index is 11.4. The summed E-state index contributed by atoms with van der Waals surface area (Å²) in [5.74, 6) is 1.69. The van der Waals surface area contributed by atoms with E-state index >= 15 is 0 Å². The van der Waals surface area contributed by atoms with Gasteiger partial charge < -0.3 is 14.7 Å². The van der Waals surface area contributed by atoms with Gasteiger partial charge in [0.25, 0.3) is 0 Å². The lowest BCUT2D eigenvalue weighted by atomic mass is 9.86. The lowest BCUT2D eigenvalue weighted by Gasteiger charge is -2.43. The van der Waals surface area contributed by atoms with Crippen molar-refractivity contribution in [1.82, 2.24) is 4.90 Å². The van der Waals surface area contributed by atoms with Gasteiger partial charge in [0, 0.05) is 24.1 Å². The van der Waals surface area contributed by atoms with Gasteiger partial charge in [-0.05, 0) is 17.7 Å². The van der Waals surface area contributed by atoms with E-state index in [0.29, 0.717) is 6.42 Å². The van der Waals surface area contributed by atoms with Crippen molar-refractivity contribution in [3.63, 3.8) is 0 Å². The van der Waals surface area contributed by atoms with Gasteiger partial charge in [0.2, 0.25) is 0 Å². The van der Waals surface area contributed by atoms with Crippen LogP contribution in [-0.4, -0.2) is 36.0 Å². The molecule has 4 heteroatoms. The second kappa shape index (κ2) is 4.85. The highest BCUT2D eigenvalue weighted by molar-refractivity contribution is 6.02. The molecule has 0 spiro atoms. The van der Waals surface area contributed by atoms with E-state index in [9.17, 15) is 5.11 Å². The molecule has 0 saturated heterocycles. The van der Waals surface area contributed by atoms with Crippen molar-refractivity contribution in [2.75, 3.05) is 20.2 Å². The molecule has 2 aromatic carbocycles. The molecular formula is C18H18N2O2. The van der Waals surface area contributed by atoms with Crippen molar-refractivity contribution in [3.8, 4) is 5.75 Å². The molecule has 2 aliphatic rings. The van der Waals surface area contributed by atoms with E-state index in [-0.39, 0.29) is 0 Å². The number of nitrogens with zero attached hydrogens (tertiary/aromatic N) is 2. The van der Waals surface area contributed by atoms with Crippen molar-refractivity contribution in [2.24, 2.45) is 4.99 Å². The smallest absolute Gasteiger partial charge is 0.169 e. The molecule has 1 unspecified atom stereocenters. The summed E-state index contributed by atoms with van der Waals surface area (Å²) in [7, 11) is 1.64. The van der Waals surface area contributed by atoms with Crippen LogP contribution in [0.5, 0.6) is 5.75 Å². The predicted molar refractivity (Wildman–Crippen MR) is 85.1 cm³/mol. The van der Waals surface area contributed by atoms with Crippen LogP contribution in [0.25, 0.3) is 0 Å². The van der Waals surface area contributed by atoms with Gasteiger partial charge in [-0.25, -0.2) is 0 Å². The van der Waals surface area contributed by atoms with Crippen LogP contribution in [0.4, 0.5) is 0 Å². The SMILES string of the molecule is COc1ccc(C2(O)Cc3ccccc3C3=NCCN32)cc1. The molecule has 4 nitrogen and oxygen atoms in total. The van der Waals surface area contributed by atoms with Crippen molar-refractivity contribution >= 4 is 5.84 Å².